The van der Waals surface area contributed by atoms with E-state index >= 15 is 0 Å². The van der Waals surface area contributed by atoms with E-state index in [9.17, 15) is 0 Å². The maximum atomic E-state index is 4.15. The van der Waals surface area contributed by atoms with E-state index in [0.717, 1.165) is 18.7 Å². The number of unbranched alkanes of at least 4 members (excludes halogenated alkanes) is 2. The molecule has 0 aromatic carbocycles. The van der Waals surface area contributed by atoms with Gasteiger partial charge in [0.15, 0.2) is 0 Å². The molecule has 0 fully saturated rings. The summed E-state index contributed by atoms with van der Waals surface area (Å²) >= 11 is 0. The van der Waals surface area contributed by atoms with Gasteiger partial charge < -0.3 is 0 Å². The first-order valence-electron chi connectivity index (χ1n) is 5.61. The van der Waals surface area contributed by atoms with E-state index in [1.165, 1.54) is 19.3 Å². The van der Waals surface area contributed by atoms with Crippen LogP contribution >= 0.6 is 0 Å². The third-order valence-corrected chi connectivity index (χ3v) is 2.17. The van der Waals surface area contributed by atoms with Crippen LogP contribution in [0.15, 0.2) is 6.20 Å². The quantitative estimate of drug-likeness (QED) is 0.653. The molecule has 0 atom stereocenters. The van der Waals surface area contributed by atoms with Gasteiger partial charge >= 0.3 is 0 Å². The average molecular weight is 195 g/mol. The lowest BCUT2D eigenvalue weighted by atomic mass is 10.2. The largest absolute Gasteiger partial charge is 0.252 e. The van der Waals surface area contributed by atoms with Gasteiger partial charge in [0.1, 0.15) is 0 Å². The number of aromatic nitrogens is 3. The molecule has 80 valence electrons. The lowest BCUT2D eigenvalue weighted by Gasteiger charge is -2.01. The van der Waals surface area contributed by atoms with Crippen molar-refractivity contribution in [2.45, 2.75) is 53.0 Å². The summed E-state index contributed by atoms with van der Waals surface area (Å²) in [6.07, 6.45) is 6.94. The van der Waals surface area contributed by atoms with Crippen molar-refractivity contribution in [3.05, 3.63) is 11.9 Å². The topological polar surface area (TPSA) is 30.7 Å². The monoisotopic (exact) mass is 195 g/mol. The standard InChI is InChI=1S/C11H21N3/c1-4-5-6-7-11-9-14(13-12-11)8-10(2)3/h9-10H,4-8H2,1-3H3. The van der Waals surface area contributed by atoms with E-state index in [2.05, 4.69) is 37.3 Å². The van der Waals surface area contributed by atoms with Crippen LogP contribution in [0.4, 0.5) is 0 Å². The molecule has 1 heterocycles. The molecule has 0 aliphatic rings. The summed E-state index contributed by atoms with van der Waals surface area (Å²) in [5.41, 5.74) is 1.14. The van der Waals surface area contributed by atoms with E-state index in [-0.39, 0.29) is 0 Å². The highest BCUT2D eigenvalue weighted by atomic mass is 15.4. The first kappa shape index (κ1) is 11.2. The van der Waals surface area contributed by atoms with Crippen LogP contribution in [0, 0.1) is 5.92 Å². The predicted molar refractivity (Wildman–Crippen MR) is 58.1 cm³/mol. The summed E-state index contributed by atoms with van der Waals surface area (Å²) in [5.74, 6) is 0.639. The molecule has 3 heteroatoms. The Morgan fingerprint density at radius 2 is 2.14 bits per heavy atom. The van der Waals surface area contributed by atoms with E-state index < -0.39 is 0 Å². The second-order valence-electron chi connectivity index (χ2n) is 4.28. The van der Waals surface area contributed by atoms with Crippen molar-refractivity contribution >= 4 is 0 Å². The molecule has 3 nitrogen and oxygen atoms in total. The van der Waals surface area contributed by atoms with Gasteiger partial charge in [0.2, 0.25) is 0 Å². The van der Waals surface area contributed by atoms with Crippen LogP contribution in [-0.4, -0.2) is 15.0 Å². The van der Waals surface area contributed by atoms with Gasteiger partial charge in [-0.15, -0.1) is 5.10 Å². The highest BCUT2D eigenvalue weighted by Crippen LogP contribution is 2.04. The fourth-order valence-electron chi connectivity index (χ4n) is 1.47. The summed E-state index contributed by atoms with van der Waals surface area (Å²) in [4.78, 5) is 0. The van der Waals surface area contributed by atoms with Gasteiger partial charge in [0, 0.05) is 12.7 Å². The Morgan fingerprint density at radius 1 is 1.36 bits per heavy atom. The summed E-state index contributed by atoms with van der Waals surface area (Å²) < 4.78 is 1.95. The molecular formula is C11H21N3. The minimum Gasteiger partial charge on any atom is -0.252 e. The van der Waals surface area contributed by atoms with Crippen molar-refractivity contribution in [1.82, 2.24) is 15.0 Å². The van der Waals surface area contributed by atoms with Crippen LogP contribution < -0.4 is 0 Å². The first-order valence-corrected chi connectivity index (χ1v) is 5.61. The van der Waals surface area contributed by atoms with Crippen molar-refractivity contribution < 1.29 is 0 Å². The molecule has 14 heavy (non-hydrogen) atoms. The zero-order chi connectivity index (χ0) is 10.4. The molecule has 0 spiro atoms. The van der Waals surface area contributed by atoms with Crippen molar-refractivity contribution in [2.75, 3.05) is 0 Å². The van der Waals surface area contributed by atoms with Crippen LogP contribution in [0.1, 0.15) is 45.7 Å². The Morgan fingerprint density at radius 3 is 2.79 bits per heavy atom. The second kappa shape index (κ2) is 5.78. The minimum atomic E-state index is 0.639. The van der Waals surface area contributed by atoms with Crippen LogP contribution in [0.2, 0.25) is 0 Å². The molecule has 0 radical (unpaired) electrons. The molecule has 1 aromatic rings. The Labute approximate surface area is 86.5 Å². The normalized spacial score (nSPS) is 11.1. The fourth-order valence-corrected chi connectivity index (χ4v) is 1.47. The molecule has 0 aliphatic carbocycles. The van der Waals surface area contributed by atoms with E-state index in [0.29, 0.717) is 5.92 Å². The maximum absolute atomic E-state index is 4.15. The van der Waals surface area contributed by atoms with Crippen LogP contribution in [0.5, 0.6) is 0 Å². The lowest BCUT2D eigenvalue weighted by molar-refractivity contribution is 0.472. The number of aryl methyl sites for hydroxylation is 1. The minimum absolute atomic E-state index is 0.639. The summed E-state index contributed by atoms with van der Waals surface area (Å²) in [5, 5.41) is 8.26. The van der Waals surface area contributed by atoms with Crippen LogP contribution in [0.3, 0.4) is 0 Å². The van der Waals surface area contributed by atoms with E-state index in [4.69, 9.17) is 0 Å². The third-order valence-electron chi connectivity index (χ3n) is 2.17. The van der Waals surface area contributed by atoms with Crippen molar-refractivity contribution in [1.29, 1.82) is 0 Å². The lowest BCUT2D eigenvalue weighted by Crippen LogP contribution is -2.04. The van der Waals surface area contributed by atoms with Gasteiger partial charge in [-0.3, -0.25) is 4.68 Å². The predicted octanol–water partition coefficient (Wildman–Crippen LogP) is 2.67. The fraction of sp³-hybridized carbons (Fsp3) is 0.818. The molecule has 0 saturated carbocycles. The van der Waals surface area contributed by atoms with Crippen LogP contribution in [-0.2, 0) is 13.0 Å². The molecule has 0 amide bonds. The Balaban J connectivity index is 2.35. The number of hydrogen-bond donors (Lipinski definition) is 0. The Bertz CT molecular complexity index is 253. The van der Waals surface area contributed by atoms with E-state index in [1.54, 1.807) is 0 Å². The third kappa shape index (κ3) is 3.90. The molecule has 0 unspecified atom stereocenters. The Hall–Kier alpha value is -0.860. The summed E-state index contributed by atoms with van der Waals surface area (Å²) in [7, 11) is 0. The van der Waals surface area contributed by atoms with E-state index in [1.807, 2.05) is 4.68 Å². The number of nitrogens with zero attached hydrogens (tertiary/aromatic N) is 3. The van der Waals surface area contributed by atoms with Gasteiger partial charge in [-0.05, 0) is 18.8 Å². The zero-order valence-electron chi connectivity index (χ0n) is 9.53. The molecule has 0 N–H and O–H groups in total. The SMILES string of the molecule is CCCCCc1cn(CC(C)C)nn1. The summed E-state index contributed by atoms with van der Waals surface area (Å²) in [6.45, 7) is 7.58. The van der Waals surface area contributed by atoms with Gasteiger partial charge in [-0.25, -0.2) is 0 Å². The summed E-state index contributed by atoms with van der Waals surface area (Å²) in [6, 6.07) is 0. The molecular weight excluding hydrogens is 174 g/mol. The molecule has 1 rings (SSSR count). The average Bonchev–Trinajstić information content (AvgIpc) is 2.52. The van der Waals surface area contributed by atoms with Crippen molar-refractivity contribution in [3.8, 4) is 0 Å². The van der Waals surface area contributed by atoms with Crippen molar-refractivity contribution in [2.24, 2.45) is 5.92 Å². The Kier molecular flexibility index (Phi) is 4.63. The number of rotatable bonds is 6. The first-order chi connectivity index (χ1) is 6.72. The maximum Gasteiger partial charge on any atom is 0.0827 e. The zero-order valence-corrected chi connectivity index (χ0v) is 9.53. The van der Waals surface area contributed by atoms with Crippen LogP contribution in [0.25, 0.3) is 0 Å². The molecule has 0 aliphatic heterocycles. The highest BCUT2D eigenvalue weighted by Gasteiger charge is 2.01. The molecule has 1 aromatic heterocycles. The second-order valence-corrected chi connectivity index (χ2v) is 4.28. The van der Waals surface area contributed by atoms with Gasteiger partial charge in [0.25, 0.3) is 0 Å². The highest BCUT2D eigenvalue weighted by molar-refractivity contribution is 4.92. The van der Waals surface area contributed by atoms with Gasteiger partial charge in [-0.2, -0.15) is 0 Å². The molecule has 0 saturated heterocycles. The van der Waals surface area contributed by atoms with Gasteiger partial charge in [0.05, 0.1) is 5.69 Å². The molecule has 0 bridgehead atoms. The van der Waals surface area contributed by atoms with Crippen molar-refractivity contribution in [3.63, 3.8) is 0 Å². The van der Waals surface area contributed by atoms with Gasteiger partial charge in [-0.1, -0.05) is 38.8 Å². The smallest absolute Gasteiger partial charge is 0.0827 e. The number of hydrogen-bond acceptors (Lipinski definition) is 2.